The molecule has 0 bridgehead atoms. The fourth-order valence-corrected chi connectivity index (χ4v) is 11.2. The summed E-state index contributed by atoms with van der Waals surface area (Å²) in [6, 6.07) is 6.35. The quantitative estimate of drug-likeness (QED) is 0.0566. The summed E-state index contributed by atoms with van der Waals surface area (Å²) < 4.78 is 81.0. The van der Waals surface area contributed by atoms with Gasteiger partial charge in [0.1, 0.15) is 17.3 Å². The van der Waals surface area contributed by atoms with Gasteiger partial charge in [-0.2, -0.15) is 22.0 Å². The third-order valence-corrected chi connectivity index (χ3v) is 14.6. The molecule has 0 radical (unpaired) electrons. The van der Waals surface area contributed by atoms with Crippen molar-refractivity contribution in [1.82, 2.24) is 4.90 Å². The van der Waals surface area contributed by atoms with Gasteiger partial charge < -0.3 is 19.3 Å². The molecular weight excluding hydrogens is 685 g/mol. The molecule has 0 aromatic heterocycles. The van der Waals surface area contributed by atoms with E-state index in [-0.39, 0.29) is 23.2 Å². The van der Waals surface area contributed by atoms with Crippen LogP contribution in [0.25, 0.3) is 0 Å². The maximum absolute atomic E-state index is 13.1. The summed E-state index contributed by atoms with van der Waals surface area (Å²) in [4.78, 5) is 15.2. The van der Waals surface area contributed by atoms with Crippen LogP contribution in [0.1, 0.15) is 133 Å². The molecular formula is C40H60F5NO4S. The van der Waals surface area contributed by atoms with Crippen molar-refractivity contribution in [1.29, 1.82) is 0 Å². The lowest BCUT2D eigenvalue weighted by Gasteiger charge is -2.53. The third kappa shape index (κ3) is 10.4. The Bertz CT molecular complexity index is 1270. The zero-order chi connectivity index (χ0) is 36.8. The Morgan fingerprint density at radius 2 is 1.63 bits per heavy atom. The summed E-state index contributed by atoms with van der Waals surface area (Å²) in [5.74, 6) is -1.53. The third-order valence-electron chi connectivity index (χ3n) is 13.1. The van der Waals surface area contributed by atoms with Crippen molar-refractivity contribution < 1.29 is 41.1 Å². The van der Waals surface area contributed by atoms with E-state index in [2.05, 4.69) is 31.0 Å². The number of fused-ring (bicyclic) bond motifs is 5. The van der Waals surface area contributed by atoms with Gasteiger partial charge in [0.15, 0.2) is 0 Å². The average molecular weight is 746 g/mol. The van der Waals surface area contributed by atoms with Gasteiger partial charge in [0.2, 0.25) is 0 Å². The molecule has 1 N–H and O–H groups in total. The second kappa shape index (κ2) is 17.8. The molecule has 5 nitrogen and oxygen atoms in total. The lowest BCUT2D eigenvalue weighted by atomic mass is 9.52. The first-order chi connectivity index (χ1) is 24.2. The van der Waals surface area contributed by atoms with Gasteiger partial charge in [-0.25, -0.2) is 0 Å². The van der Waals surface area contributed by atoms with Gasteiger partial charge in [0, 0.05) is 12.8 Å². The Kier molecular flexibility index (Phi) is 14.2. The number of alkyl halides is 5. The van der Waals surface area contributed by atoms with Crippen molar-refractivity contribution in [3.05, 3.63) is 29.3 Å². The van der Waals surface area contributed by atoms with Gasteiger partial charge >= 0.3 is 18.1 Å². The molecule has 1 aromatic rings. The van der Waals surface area contributed by atoms with Crippen molar-refractivity contribution in [3.63, 3.8) is 0 Å². The van der Waals surface area contributed by atoms with E-state index in [4.69, 9.17) is 4.74 Å². The van der Waals surface area contributed by atoms with Gasteiger partial charge in [0.05, 0.1) is 6.10 Å². The number of aliphatic hydroxyl groups excluding tert-OH is 1. The Balaban J connectivity index is 1.07. The van der Waals surface area contributed by atoms with Gasteiger partial charge in [-0.15, -0.1) is 0 Å². The van der Waals surface area contributed by atoms with Crippen LogP contribution < -0.4 is 4.74 Å². The predicted molar refractivity (Wildman–Crippen MR) is 191 cm³/mol. The van der Waals surface area contributed by atoms with E-state index in [0.29, 0.717) is 53.9 Å². The second-order valence-corrected chi connectivity index (χ2v) is 18.3. The largest absolute Gasteiger partial charge is 0.616 e. The highest BCUT2D eigenvalue weighted by Gasteiger charge is 2.57. The van der Waals surface area contributed by atoms with E-state index in [1.807, 2.05) is 6.07 Å². The van der Waals surface area contributed by atoms with E-state index >= 15 is 0 Å². The minimum absolute atomic E-state index is 0.0157. The van der Waals surface area contributed by atoms with Crippen LogP contribution in [-0.2, 0) is 22.4 Å². The summed E-state index contributed by atoms with van der Waals surface area (Å²) >= 11 is -1.37. The number of ether oxygens (including phenoxy) is 1. The molecule has 11 heteroatoms. The number of nitrogens with zero attached hydrogens (tertiary/aromatic N) is 1. The Morgan fingerprint density at radius 1 is 0.961 bits per heavy atom. The van der Waals surface area contributed by atoms with Crippen molar-refractivity contribution in [2.45, 2.75) is 147 Å². The lowest BCUT2D eigenvalue weighted by molar-refractivity contribution is -0.284. The van der Waals surface area contributed by atoms with Crippen LogP contribution in [0, 0.1) is 29.1 Å². The summed E-state index contributed by atoms with van der Waals surface area (Å²) in [6.07, 6.45) is 8.22. The minimum Gasteiger partial charge on any atom is -0.616 e. The molecule has 1 aliphatic heterocycles. The first-order valence-electron chi connectivity index (χ1n) is 19.7. The summed E-state index contributed by atoms with van der Waals surface area (Å²) in [5, 5.41) is 11.0. The summed E-state index contributed by atoms with van der Waals surface area (Å²) in [6.45, 7) is 4.36. The van der Waals surface area contributed by atoms with Crippen molar-refractivity contribution in [2.75, 3.05) is 31.6 Å². The number of hydrogen-bond donors (Lipinski definition) is 1. The van der Waals surface area contributed by atoms with Crippen LogP contribution in [0.4, 0.5) is 22.0 Å². The number of piperidine rings is 1. The standard InChI is InChI=1S/C40H60F5NO4S/c1-38-20-16-33-32-13-12-31(50-36(48)25-28-17-21-46(2)22-18-28)27-30(32)26-29(37(33)34(38)14-15-35(38)47)11-8-6-4-3-5-7-9-23-51(49)24-10-19-39(41,42)40(43,44)45/h12-13,27-29,33-35,37,47H,3-11,14-26H2,1-2H3. The number of aliphatic hydroxyl groups is 1. The highest BCUT2D eigenvalue weighted by molar-refractivity contribution is 7.91. The zero-order valence-electron chi connectivity index (χ0n) is 30.7. The topological polar surface area (TPSA) is 72.8 Å². The predicted octanol–water partition coefficient (Wildman–Crippen LogP) is 9.61. The van der Waals surface area contributed by atoms with Crippen LogP contribution >= 0.6 is 0 Å². The molecule has 1 saturated heterocycles. The molecule has 1 aromatic carbocycles. The number of esters is 1. The van der Waals surface area contributed by atoms with Gasteiger partial charge in [-0.3, -0.25) is 4.79 Å². The number of benzene rings is 1. The Hall–Kier alpha value is -1.43. The van der Waals surface area contributed by atoms with Crippen LogP contribution in [0.2, 0.25) is 0 Å². The number of carbonyl (C=O) groups excluding carboxylic acids is 1. The molecule has 7 unspecified atom stereocenters. The monoisotopic (exact) mass is 745 g/mol. The van der Waals surface area contributed by atoms with Crippen molar-refractivity contribution in [3.8, 4) is 5.75 Å². The normalized spacial score (nSPS) is 29.3. The highest BCUT2D eigenvalue weighted by Crippen LogP contribution is 2.62. The minimum atomic E-state index is -5.55. The van der Waals surface area contributed by atoms with Crippen molar-refractivity contribution >= 4 is 17.1 Å². The number of rotatable bonds is 17. The van der Waals surface area contributed by atoms with Crippen molar-refractivity contribution in [2.24, 2.45) is 29.1 Å². The smallest absolute Gasteiger partial charge is 0.453 e. The molecule has 5 rings (SSSR count). The number of carbonyl (C=O) groups is 1. The maximum Gasteiger partial charge on any atom is 0.453 e. The number of hydrogen-bond acceptors (Lipinski definition) is 5. The molecule has 3 fully saturated rings. The molecule has 4 aliphatic rings. The summed E-state index contributed by atoms with van der Waals surface area (Å²) in [7, 11) is 2.12. The van der Waals surface area contributed by atoms with Gasteiger partial charge in [0.25, 0.3) is 0 Å². The second-order valence-electron chi connectivity index (χ2n) is 16.6. The van der Waals surface area contributed by atoms with E-state index in [9.17, 15) is 36.4 Å². The van der Waals surface area contributed by atoms with Gasteiger partial charge in [-0.1, -0.05) is 56.3 Å². The summed E-state index contributed by atoms with van der Waals surface area (Å²) in [5.41, 5.74) is 2.72. The van der Waals surface area contributed by atoms with Gasteiger partial charge in [-0.05, 0) is 149 Å². The number of likely N-dealkylation sites (tertiary alicyclic amines) is 1. The van der Waals surface area contributed by atoms with E-state index in [1.54, 1.807) is 0 Å². The zero-order valence-corrected chi connectivity index (χ0v) is 31.5. The number of halogens is 5. The Morgan fingerprint density at radius 3 is 2.33 bits per heavy atom. The molecule has 0 spiro atoms. The first-order valence-corrected chi connectivity index (χ1v) is 21.2. The molecule has 290 valence electrons. The molecule has 51 heavy (non-hydrogen) atoms. The molecule has 2 saturated carbocycles. The average Bonchev–Trinajstić information content (AvgIpc) is 3.37. The molecule has 3 aliphatic carbocycles. The van der Waals surface area contributed by atoms with Crippen LogP contribution in [-0.4, -0.2) is 70.4 Å². The first kappa shape index (κ1) is 40.7. The molecule has 1 heterocycles. The van der Waals surface area contributed by atoms with Crippen LogP contribution in [0.3, 0.4) is 0 Å². The van der Waals surface area contributed by atoms with Crippen LogP contribution in [0.15, 0.2) is 18.2 Å². The molecule has 7 atom stereocenters. The Labute approximate surface area is 305 Å². The maximum atomic E-state index is 13.1. The molecule has 0 amide bonds. The fourth-order valence-electron chi connectivity index (χ4n) is 10.0. The van der Waals surface area contributed by atoms with Crippen LogP contribution in [0.5, 0.6) is 5.75 Å². The number of unbranched alkanes of at least 4 members (excludes halogenated alkanes) is 6. The SMILES string of the molecule is CN1CCC(CC(=O)Oc2ccc3c(c2)CC(CCCCCCCCC[S+]([O-])CCCC(F)(F)C(F)(F)F)C2C3CCC3(C)C(O)CCC23)CC1. The van der Waals surface area contributed by atoms with E-state index in [1.165, 1.54) is 11.1 Å². The van der Waals surface area contributed by atoms with E-state index < -0.39 is 36.1 Å². The highest BCUT2D eigenvalue weighted by atomic mass is 32.2. The van der Waals surface area contributed by atoms with E-state index in [0.717, 1.165) is 103 Å². The lowest BCUT2D eigenvalue weighted by Crippen LogP contribution is -2.47. The fraction of sp³-hybridized carbons (Fsp3) is 0.825.